The number of aliphatic hydroxyl groups is 1. The number of nitrogens with zero attached hydrogens (tertiary/aromatic N) is 1. The monoisotopic (exact) mass is 273 g/mol. The van der Waals surface area contributed by atoms with E-state index in [0.717, 1.165) is 6.42 Å². The van der Waals surface area contributed by atoms with Crippen LogP contribution in [0, 0.1) is 11.8 Å². The van der Waals surface area contributed by atoms with Crippen LogP contribution in [0.1, 0.15) is 26.0 Å². The second kappa shape index (κ2) is 5.03. The van der Waals surface area contributed by atoms with Crippen molar-refractivity contribution >= 4 is 10.0 Å². The van der Waals surface area contributed by atoms with Crippen LogP contribution in [-0.2, 0) is 16.6 Å². The Bertz CT molecular complexity index is 508. The molecule has 0 aromatic carbocycles. The highest BCUT2D eigenvalue weighted by Gasteiger charge is 2.33. The fraction of sp³-hybridized carbons (Fsp3) is 0.667. The van der Waals surface area contributed by atoms with Gasteiger partial charge in [-0.05, 0) is 30.4 Å². The molecule has 2 unspecified atom stereocenters. The highest BCUT2D eigenvalue weighted by atomic mass is 32.2. The van der Waals surface area contributed by atoms with Crippen LogP contribution in [0.5, 0.6) is 0 Å². The van der Waals surface area contributed by atoms with E-state index in [9.17, 15) is 8.42 Å². The Hall–Kier alpha value is -0.850. The maximum absolute atomic E-state index is 12.3. The van der Waals surface area contributed by atoms with Crippen LogP contribution in [0.25, 0.3) is 0 Å². The van der Waals surface area contributed by atoms with Crippen molar-refractivity contribution in [2.24, 2.45) is 11.8 Å². The van der Waals surface area contributed by atoms with Crippen LogP contribution in [0.3, 0.4) is 0 Å². The summed E-state index contributed by atoms with van der Waals surface area (Å²) < 4.78 is 31.2. The Morgan fingerprint density at radius 2 is 2.11 bits per heavy atom. The molecule has 1 N–H and O–H groups in total. The zero-order valence-corrected chi connectivity index (χ0v) is 11.5. The zero-order chi connectivity index (χ0) is 13.3. The lowest BCUT2D eigenvalue weighted by molar-refractivity contribution is 0.206. The second-order valence-electron chi connectivity index (χ2n) is 4.99. The summed E-state index contributed by atoms with van der Waals surface area (Å²) in [6.45, 7) is 4.98. The van der Waals surface area contributed by atoms with Gasteiger partial charge in [-0.1, -0.05) is 13.8 Å². The average Bonchev–Trinajstić information content (AvgIpc) is 2.81. The first-order valence-electron chi connectivity index (χ1n) is 6.15. The number of piperidine rings is 1. The molecule has 1 aliphatic heterocycles. The van der Waals surface area contributed by atoms with Gasteiger partial charge in [0.1, 0.15) is 12.4 Å². The van der Waals surface area contributed by atoms with Crippen LogP contribution in [0.2, 0.25) is 0 Å². The molecule has 2 atom stereocenters. The Balaban J connectivity index is 2.21. The third-order valence-corrected chi connectivity index (χ3v) is 5.42. The Morgan fingerprint density at radius 3 is 2.67 bits per heavy atom. The minimum absolute atomic E-state index is 0.0756. The first-order valence-corrected chi connectivity index (χ1v) is 7.59. The summed E-state index contributed by atoms with van der Waals surface area (Å²) in [6.07, 6.45) is 0.869. The topological polar surface area (TPSA) is 70.8 Å². The van der Waals surface area contributed by atoms with Crippen molar-refractivity contribution in [2.75, 3.05) is 13.1 Å². The van der Waals surface area contributed by atoms with Crippen LogP contribution < -0.4 is 0 Å². The smallest absolute Gasteiger partial charge is 0.276 e. The molecule has 0 radical (unpaired) electrons. The average molecular weight is 273 g/mol. The number of hydrogen-bond donors (Lipinski definition) is 1. The molecular weight excluding hydrogens is 254 g/mol. The van der Waals surface area contributed by atoms with E-state index in [0.29, 0.717) is 24.9 Å². The van der Waals surface area contributed by atoms with Gasteiger partial charge in [0.15, 0.2) is 0 Å². The molecule has 0 amide bonds. The normalized spacial score (nSPS) is 26.4. The van der Waals surface area contributed by atoms with E-state index >= 15 is 0 Å². The minimum atomic E-state index is -3.55. The van der Waals surface area contributed by atoms with Crippen molar-refractivity contribution in [1.29, 1.82) is 0 Å². The predicted octanol–water partition coefficient (Wildman–Crippen LogP) is 1.44. The van der Waals surface area contributed by atoms with Crippen LogP contribution in [0.15, 0.2) is 21.6 Å². The number of aliphatic hydroxyl groups excluding tert-OH is 1. The summed E-state index contributed by atoms with van der Waals surface area (Å²) in [5.74, 6) is 1.16. The first kappa shape index (κ1) is 13.6. The van der Waals surface area contributed by atoms with E-state index < -0.39 is 10.0 Å². The van der Waals surface area contributed by atoms with Crippen molar-refractivity contribution < 1.29 is 17.9 Å². The molecule has 1 aromatic heterocycles. The third-order valence-electron chi connectivity index (χ3n) is 3.68. The lowest BCUT2D eigenvalue weighted by Crippen LogP contribution is -2.42. The van der Waals surface area contributed by atoms with Gasteiger partial charge in [0.25, 0.3) is 10.0 Å². The molecule has 0 aliphatic carbocycles. The minimum Gasteiger partial charge on any atom is -0.446 e. The molecule has 6 heteroatoms. The molecule has 5 nitrogen and oxygen atoms in total. The van der Waals surface area contributed by atoms with Crippen molar-refractivity contribution in [3.63, 3.8) is 0 Å². The van der Waals surface area contributed by atoms with Gasteiger partial charge in [-0.2, -0.15) is 4.31 Å². The zero-order valence-electron chi connectivity index (χ0n) is 10.7. The largest absolute Gasteiger partial charge is 0.446 e. The Morgan fingerprint density at radius 1 is 1.39 bits per heavy atom. The van der Waals surface area contributed by atoms with Crippen molar-refractivity contribution in [3.05, 3.63) is 17.9 Å². The fourth-order valence-electron chi connectivity index (χ4n) is 2.15. The summed E-state index contributed by atoms with van der Waals surface area (Å²) in [6, 6.07) is 2.90. The lowest BCUT2D eigenvalue weighted by atomic mass is 9.90. The maximum Gasteiger partial charge on any atom is 0.276 e. The number of furan rings is 1. The molecule has 2 rings (SSSR count). The van der Waals surface area contributed by atoms with Gasteiger partial charge in [-0.3, -0.25) is 0 Å². The van der Waals surface area contributed by atoms with Gasteiger partial charge in [0.05, 0.1) is 0 Å². The van der Waals surface area contributed by atoms with Crippen LogP contribution in [0.4, 0.5) is 0 Å². The molecule has 102 valence electrons. The Kier molecular flexibility index (Phi) is 3.79. The molecule has 1 aliphatic rings. The SMILES string of the molecule is CC1CCN(S(=O)(=O)c2ccc(CO)o2)CC1C. The van der Waals surface area contributed by atoms with Crippen molar-refractivity contribution in [2.45, 2.75) is 32.0 Å². The van der Waals surface area contributed by atoms with Gasteiger partial charge in [-0.25, -0.2) is 8.42 Å². The molecule has 18 heavy (non-hydrogen) atoms. The summed E-state index contributed by atoms with van der Waals surface area (Å²) >= 11 is 0. The number of rotatable bonds is 3. The van der Waals surface area contributed by atoms with E-state index in [4.69, 9.17) is 9.52 Å². The highest BCUT2D eigenvalue weighted by Crippen LogP contribution is 2.27. The van der Waals surface area contributed by atoms with Crippen molar-refractivity contribution in [3.8, 4) is 0 Å². The van der Waals surface area contributed by atoms with E-state index in [2.05, 4.69) is 13.8 Å². The van der Waals surface area contributed by atoms with E-state index in [1.807, 2.05) is 0 Å². The lowest BCUT2D eigenvalue weighted by Gasteiger charge is -2.33. The molecule has 0 bridgehead atoms. The van der Waals surface area contributed by atoms with Crippen molar-refractivity contribution in [1.82, 2.24) is 4.31 Å². The quantitative estimate of drug-likeness (QED) is 0.904. The molecule has 0 saturated carbocycles. The van der Waals surface area contributed by atoms with E-state index in [1.165, 1.54) is 16.4 Å². The molecular formula is C12H19NO4S. The van der Waals surface area contributed by atoms with E-state index in [1.54, 1.807) is 0 Å². The summed E-state index contributed by atoms with van der Waals surface area (Å²) in [5, 5.41) is 8.83. The molecule has 2 heterocycles. The predicted molar refractivity (Wildman–Crippen MR) is 66.3 cm³/mol. The van der Waals surface area contributed by atoms with Crippen LogP contribution >= 0.6 is 0 Å². The molecule has 0 spiro atoms. The first-order chi connectivity index (χ1) is 8.45. The van der Waals surface area contributed by atoms with Gasteiger partial charge in [0.2, 0.25) is 5.09 Å². The fourth-order valence-corrected chi connectivity index (χ4v) is 3.64. The summed E-state index contributed by atoms with van der Waals surface area (Å²) in [7, 11) is -3.55. The summed E-state index contributed by atoms with van der Waals surface area (Å²) in [4.78, 5) is 0. The van der Waals surface area contributed by atoms with Gasteiger partial charge >= 0.3 is 0 Å². The highest BCUT2D eigenvalue weighted by molar-refractivity contribution is 7.89. The van der Waals surface area contributed by atoms with Gasteiger partial charge in [-0.15, -0.1) is 0 Å². The third kappa shape index (κ3) is 2.46. The molecule has 1 saturated heterocycles. The molecule has 1 aromatic rings. The number of sulfonamides is 1. The van der Waals surface area contributed by atoms with Crippen LogP contribution in [-0.4, -0.2) is 30.9 Å². The second-order valence-corrected chi connectivity index (χ2v) is 6.85. The summed E-state index contributed by atoms with van der Waals surface area (Å²) in [5.41, 5.74) is 0. The standard InChI is InChI=1S/C12H19NO4S/c1-9-5-6-13(7-10(9)2)18(15,16)12-4-3-11(8-14)17-12/h3-4,9-10,14H,5-8H2,1-2H3. The van der Waals surface area contributed by atoms with Gasteiger partial charge < -0.3 is 9.52 Å². The maximum atomic E-state index is 12.3. The Labute approximate surface area is 107 Å². The number of hydrogen-bond acceptors (Lipinski definition) is 4. The molecule has 1 fully saturated rings. The van der Waals surface area contributed by atoms with E-state index in [-0.39, 0.29) is 17.5 Å². The van der Waals surface area contributed by atoms with Gasteiger partial charge in [0, 0.05) is 13.1 Å².